The Morgan fingerprint density at radius 1 is 0.812 bits per heavy atom. The van der Waals surface area contributed by atoms with Gasteiger partial charge in [-0.2, -0.15) is 15.6 Å². The lowest BCUT2D eigenvalue weighted by Crippen LogP contribution is -2.49. The van der Waals surface area contributed by atoms with Gasteiger partial charge in [0.1, 0.15) is 49.5 Å². The second-order valence-corrected chi connectivity index (χ2v) is 25.5. The Morgan fingerprint density at radius 2 is 1.41 bits per heavy atom. The Hall–Kier alpha value is -5.51. The molecule has 6 aromatic rings. The number of ether oxygens (including phenoxy) is 2. The molecular formula is C40H46FN13O12P2Si. The maximum absolute atomic E-state index is 17.2. The number of nitrogens with one attached hydrogen (secondary N) is 1. The third-order valence-electron chi connectivity index (χ3n) is 12.0. The average molecular weight is 1010 g/mol. The zero-order valence-corrected chi connectivity index (χ0v) is 40.5. The van der Waals surface area contributed by atoms with E-state index in [-0.39, 0.29) is 29.8 Å². The van der Waals surface area contributed by atoms with Crippen molar-refractivity contribution in [1.82, 2.24) is 48.7 Å². The van der Waals surface area contributed by atoms with E-state index >= 15 is 8.96 Å². The number of nitrogens with zero attached hydrogens (tertiary/aromatic N) is 12. The Balaban J connectivity index is 1.08. The van der Waals surface area contributed by atoms with Crippen LogP contribution in [-0.4, -0.2) is 126 Å². The van der Waals surface area contributed by atoms with Gasteiger partial charge >= 0.3 is 15.6 Å². The fourth-order valence-corrected chi connectivity index (χ4v) is 11.7. The van der Waals surface area contributed by atoms with Crippen LogP contribution in [0.25, 0.3) is 28.0 Å². The number of carbonyl (C=O) groups is 1. The molecule has 1 N–H and O–H groups in total. The number of amides is 1. The molecule has 1 aromatic carbocycles. The van der Waals surface area contributed by atoms with Crippen LogP contribution in [0.4, 0.5) is 10.2 Å². The highest BCUT2D eigenvalue weighted by Gasteiger charge is 2.57. The molecule has 0 radical (unpaired) electrons. The molecule has 3 unspecified atom stereocenters. The van der Waals surface area contributed by atoms with E-state index in [4.69, 9.17) is 41.0 Å². The fourth-order valence-electron chi connectivity index (χ4n) is 7.58. The molecule has 0 saturated carbocycles. The lowest BCUT2D eigenvalue weighted by molar-refractivity contribution is -0.0703. The van der Waals surface area contributed by atoms with Gasteiger partial charge in [0.05, 0.1) is 64.1 Å². The van der Waals surface area contributed by atoms with Crippen LogP contribution in [0.2, 0.25) is 18.1 Å². The molecule has 3 fully saturated rings. The van der Waals surface area contributed by atoms with E-state index in [0.717, 1.165) is 6.33 Å². The quantitative estimate of drug-likeness (QED) is 0.0837. The Kier molecular flexibility index (Phi) is 13.6. The van der Waals surface area contributed by atoms with Crippen molar-refractivity contribution in [2.24, 2.45) is 0 Å². The number of phosphoric acid groups is 2. The summed E-state index contributed by atoms with van der Waals surface area (Å²) in [6.07, 6.45) is -6.26. The highest BCUT2D eigenvalue weighted by molar-refractivity contribution is 7.48. The molecule has 0 spiro atoms. The molecular weight excluding hydrogens is 964 g/mol. The Labute approximate surface area is 393 Å². The second-order valence-electron chi connectivity index (χ2n) is 17.5. The minimum atomic E-state index is -4.91. The highest BCUT2D eigenvalue weighted by Crippen LogP contribution is 2.59. The highest BCUT2D eigenvalue weighted by atomic mass is 31.2. The number of rotatable bonds is 12. The molecule has 9 rings (SSSR count). The largest absolute Gasteiger partial charge is 0.475 e. The van der Waals surface area contributed by atoms with Crippen molar-refractivity contribution in [2.45, 2.75) is 101 Å². The minimum absolute atomic E-state index is 0.0134. The Bertz CT molecular complexity index is 3030. The van der Waals surface area contributed by atoms with E-state index < -0.39 is 110 Å². The molecule has 69 heavy (non-hydrogen) atoms. The van der Waals surface area contributed by atoms with Crippen molar-refractivity contribution >= 4 is 63.7 Å². The lowest BCUT2D eigenvalue weighted by Gasteiger charge is -2.41. The predicted molar refractivity (Wildman–Crippen MR) is 238 cm³/mol. The van der Waals surface area contributed by atoms with Crippen LogP contribution in [0.15, 0.2) is 62.0 Å². The molecule has 364 valence electrons. The van der Waals surface area contributed by atoms with Crippen LogP contribution in [0, 0.1) is 22.7 Å². The number of imidazole rings is 2. The molecule has 3 aliphatic rings. The molecule has 5 aromatic heterocycles. The number of phosphoric ester groups is 2. The normalized spacial score (nSPS) is 28.9. The first-order valence-electron chi connectivity index (χ1n) is 21.6. The van der Waals surface area contributed by atoms with Gasteiger partial charge in [-0.05, 0) is 30.3 Å². The maximum Gasteiger partial charge on any atom is 0.475 e. The molecule has 8 heterocycles. The van der Waals surface area contributed by atoms with Crippen LogP contribution >= 0.6 is 15.6 Å². The SMILES string of the molecule is CC(C)(C)[Si](C)(C)OC1[C@H](n2cnc3c2ncn2ncnc32)O[C@@H]2COP(=O)(OCCC#N)O[C@H]3[C@@H](F)[C@H](n4cnc5c(NC(=O)c6ccccc6)ncnc54)O[C@@H]3COP(=O)(OCCC#N)O[C@@H]12. The van der Waals surface area contributed by atoms with E-state index in [2.05, 4.69) is 40.3 Å². The number of benzene rings is 1. The van der Waals surface area contributed by atoms with E-state index in [1.807, 2.05) is 46.0 Å². The number of halogens is 1. The molecule has 3 saturated heterocycles. The number of nitriles is 2. The number of hydrogen-bond donors (Lipinski definition) is 1. The second kappa shape index (κ2) is 19.4. The van der Waals surface area contributed by atoms with Gasteiger partial charge in [-0.1, -0.05) is 39.0 Å². The van der Waals surface area contributed by atoms with Gasteiger partial charge < -0.3 is 19.2 Å². The number of anilines is 1. The third kappa shape index (κ3) is 9.70. The van der Waals surface area contributed by atoms with E-state index in [1.165, 1.54) is 34.4 Å². The summed E-state index contributed by atoms with van der Waals surface area (Å²) in [6.45, 7) is 7.65. The zero-order valence-electron chi connectivity index (χ0n) is 37.7. The van der Waals surface area contributed by atoms with Gasteiger partial charge in [0, 0.05) is 5.56 Å². The number of fused-ring (bicyclic) bond motifs is 6. The molecule has 0 aliphatic carbocycles. The average Bonchev–Trinajstić information content (AvgIpc) is 4.16. The maximum atomic E-state index is 17.2. The summed E-state index contributed by atoms with van der Waals surface area (Å²) in [6, 6.07) is 12.2. The Morgan fingerprint density at radius 3 is 2.07 bits per heavy atom. The van der Waals surface area contributed by atoms with Crippen LogP contribution in [0.1, 0.15) is 56.4 Å². The van der Waals surface area contributed by atoms with Gasteiger partial charge in [0.25, 0.3) is 5.91 Å². The van der Waals surface area contributed by atoms with Gasteiger partial charge in [-0.3, -0.25) is 41.1 Å². The molecule has 10 atom stereocenters. The number of carbonyl (C=O) groups excluding carboxylic acids is 1. The zero-order chi connectivity index (χ0) is 48.7. The summed E-state index contributed by atoms with van der Waals surface area (Å²) in [4.78, 5) is 39.3. The first kappa shape index (κ1) is 48.5. The van der Waals surface area contributed by atoms with Crippen LogP contribution in [0.3, 0.4) is 0 Å². The predicted octanol–water partition coefficient (Wildman–Crippen LogP) is 5.98. The molecule has 29 heteroatoms. The van der Waals surface area contributed by atoms with Gasteiger partial charge in [0.2, 0.25) is 0 Å². The van der Waals surface area contributed by atoms with Gasteiger partial charge in [-0.25, -0.2) is 47.9 Å². The summed E-state index contributed by atoms with van der Waals surface area (Å²) in [7, 11) is -12.6. The van der Waals surface area contributed by atoms with Crippen molar-refractivity contribution in [1.29, 1.82) is 10.5 Å². The number of alkyl halides is 1. The monoisotopic (exact) mass is 1010 g/mol. The standard InChI is InChI=1S/C40H46FN13O12P2Si/c1-40(2,3)69(4,5)66-32-31-26(63-39(32)53-22-48-29-35(53)49-23-54-36(29)46-20-50-54)18-61-67(56,58-15-9-13-42)64-30-25(17-60-68(57,65-31)59-16-10-14-43)62-38(27(30)41)52-21-47-28-33(44-19-45-34(28)52)51-37(55)24-11-7-6-8-12-24/h6-8,11-12,19-23,25-27,30-32,38-39H,9-10,15-18H2,1-5H3,(H,44,45,51,55)/t25-,26-,27-,30-,31-,32?,38-,39-,67?,68?/m1/s1. The molecule has 25 nitrogen and oxygen atoms in total. The lowest BCUT2D eigenvalue weighted by atomic mass is 10.1. The van der Waals surface area contributed by atoms with E-state index in [1.54, 1.807) is 34.9 Å². The summed E-state index contributed by atoms with van der Waals surface area (Å²) < 4.78 is 107. The number of aromatic nitrogens is 10. The number of hydrogen-bond acceptors (Lipinski definition) is 21. The summed E-state index contributed by atoms with van der Waals surface area (Å²) in [5.41, 5.74) is 1.50. The minimum Gasteiger partial charge on any atom is -0.407 e. The van der Waals surface area contributed by atoms with E-state index in [0.29, 0.717) is 22.4 Å². The smallest absolute Gasteiger partial charge is 0.407 e. The molecule has 1 amide bonds. The fraction of sp³-hybridized carbons (Fsp3) is 0.500. The first-order chi connectivity index (χ1) is 33.0. The van der Waals surface area contributed by atoms with Crippen molar-refractivity contribution in [3.8, 4) is 12.1 Å². The van der Waals surface area contributed by atoms with Crippen LogP contribution < -0.4 is 5.32 Å². The summed E-state index contributed by atoms with van der Waals surface area (Å²) in [5.74, 6) is -0.479. The van der Waals surface area contributed by atoms with Crippen molar-refractivity contribution < 1.29 is 59.4 Å². The topological polar surface area (TPSA) is 298 Å². The third-order valence-corrected chi connectivity index (χ3v) is 19.4. The summed E-state index contributed by atoms with van der Waals surface area (Å²) >= 11 is 0. The van der Waals surface area contributed by atoms with Crippen molar-refractivity contribution in [2.75, 3.05) is 31.7 Å². The van der Waals surface area contributed by atoms with Crippen LogP contribution in [0.5, 0.6) is 0 Å². The van der Waals surface area contributed by atoms with Gasteiger partial charge in [-0.15, -0.1) is 0 Å². The molecule has 3 aliphatic heterocycles. The van der Waals surface area contributed by atoms with Gasteiger partial charge in [0.15, 0.2) is 60.7 Å². The first-order valence-corrected chi connectivity index (χ1v) is 27.4. The van der Waals surface area contributed by atoms with E-state index in [9.17, 15) is 19.9 Å². The van der Waals surface area contributed by atoms with Crippen LogP contribution in [-0.2, 0) is 50.2 Å². The van der Waals surface area contributed by atoms with Crippen molar-refractivity contribution in [3.63, 3.8) is 0 Å². The van der Waals surface area contributed by atoms with Crippen molar-refractivity contribution in [3.05, 3.63) is 67.5 Å². The summed E-state index contributed by atoms with van der Waals surface area (Å²) in [5, 5.41) is 25.3. The molecule has 0 bridgehead atoms.